The van der Waals surface area contributed by atoms with Crippen LogP contribution in [0.5, 0.6) is 0 Å². The summed E-state index contributed by atoms with van der Waals surface area (Å²) in [5.74, 6) is 0. The van der Waals surface area contributed by atoms with E-state index < -0.39 is 10.0 Å². The highest BCUT2D eigenvalue weighted by atomic mass is 32.2. The third-order valence-corrected chi connectivity index (χ3v) is 3.93. The third-order valence-electron chi connectivity index (χ3n) is 2.51. The summed E-state index contributed by atoms with van der Waals surface area (Å²) < 4.78 is 27.9. The zero-order valence-electron chi connectivity index (χ0n) is 11.0. The van der Waals surface area contributed by atoms with Crippen LogP contribution in [-0.2, 0) is 16.6 Å². The molecule has 7 heteroatoms. The molecule has 0 radical (unpaired) electrons. The van der Waals surface area contributed by atoms with Crippen LogP contribution in [0.2, 0.25) is 0 Å². The average Bonchev–Trinajstić information content (AvgIpc) is 2.79. The summed E-state index contributed by atoms with van der Waals surface area (Å²) in [5.41, 5.74) is 0. The maximum absolute atomic E-state index is 11.9. The number of unbranched alkanes of at least 4 members (excludes halogenated alkanes) is 1. The molecule has 0 atom stereocenters. The molecule has 0 amide bonds. The van der Waals surface area contributed by atoms with Gasteiger partial charge in [-0.15, -0.1) is 0 Å². The van der Waals surface area contributed by atoms with Gasteiger partial charge >= 0.3 is 0 Å². The zero-order chi connectivity index (χ0) is 13.4. The molecule has 0 aromatic carbocycles. The van der Waals surface area contributed by atoms with Crippen molar-refractivity contribution in [2.45, 2.75) is 38.1 Å². The van der Waals surface area contributed by atoms with Crippen molar-refractivity contribution in [3.63, 3.8) is 0 Å². The van der Waals surface area contributed by atoms with Gasteiger partial charge in [-0.3, -0.25) is 4.68 Å². The van der Waals surface area contributed by atoms with Crippen molar-refractivity contribution < 1.29 is 8.42 Å². The molecule has 0 aliphatic rings. The molecule has 104 valence electrons. The smallest absolute Gasteiger partial charge is 0.243 e. The van der Waals surface area contributed by atoms with Gasteiger partial charge in [0.25, 0.3) is 0 Å². The van der Waals surface area contributed by atoms with Crippen molar-refractivity contribution in [1.82, 2.24) is 19.8 Å². The lowest BCUT2D eigenvalue weighted by Crippen LogP contribution is -2.24. The highest BCUT2D eigenvalue weighted by Crippen LogP contribution is 2.06. The molecule has 1 heterocycles. The zero-order valence-corrected chi connectivity index (χ0v) is 11.8. The van der Waals surface area contributed by atoms with E-state index in [0.717, 1.165) is 25.9 Å². The van der Waals surface area contributed by atoms with Gasteiger partial charge in [0.15, 0.2) is 0 Å². The van der Waals surface area contributed by atoms with Crippen LogP contribution in [0.4, 0.5) is 0 Å². The molecular weight excluding hydrogens is 252 g/mol. The van der Waals surface area contributed by atoms with Gasteiger partial charge in [0, 0.05) is 19.3 Å². The Bertz CT molecular complexity index is 442. The number of hydrogen-bond acceptors (Lipinski definition) is 4. The van der Waals surface area contributed by atoms with Gasteiger partial charge in [-0.2, -0.15) is 5.10 Å². The van der Waals surface area contributed by atoms with E-state index in [1.54, 1.807) is 10.9 Å². The first-order valence-corrected chi connectivity index (χ1v) is 7.81. The Hall–Kier alpha value is -0.920. The van der Waals surface area contributed by atoms with Crippen LogP contribution in [0.1, 0.15) is 26.7 Å². The van der Waals surface area contributed by atoms with E-state index in [2.05, 4.69) is 15.1 Å². The summed E-state index contributed by atoms with van der Waals surface area (Å²) in [6.45, 7) is 6.86. The van der Waals surface area contributed by atoms with Crippen LogP contribution in [0.3, 0.4) is 0 Å². The van der Waals surface area contributed by atoms with Crippen molar-refractivity contribution in [1.29, 1.82) is 0 Å². The Balaban J connectivity index is 2.55. The van der Waals surface area contributed by atoms with Crippen molar-refractivity contribution >= 4 is 10.0 Å². The maximum atomic E-state index is 11.9. The van der Waals surface area contributed by atoms with Gasteiger partial charge in [0.2, 0.25) is 10.0 Å². The second-order valence-electron chi connectivity index (χ2n) is 4.04. The second-order valence-corrected chi connectivity index (χ2v) is 5.81. The summed E-state index contributed by atoms with van der Waals surface area (Å²) in [6, 6.07) is 0. The fourth-order valence-electron chi connectivity index (χ4n) is 1.44. The van der Waals surface area contributed by atoms with E-state index in [9.17, 15) is 8.42 Å². The van der Waals surface area contributed by atoms with Crippen LogP contribution in [0.25, 0.3) is 0 Å². The van der Waals surface area contributed by atoms with E-state index in [-0.39, 0.29) is 4.90 Å². The Kier molecular flexibility index (Phi) is 6.31. The molecule has 18 heavy (non-hydrogen) atoms. The predicted molar refractivity (Wildman–Crippen MR) is 70.9 cm³/mol. The summed E-state index contributed by atoms with van der Waals surface area (Å²) in [7, 11) is -3.40. The lowest BCUT2D eigenvalue weighted by molar-refractivity contribution is 0.562. The van der Waals surface area contributed by atoms with Crippen molar-refractivity contribution in [2.75, 3.05) is 19.6 Å². The minimum Gasteiger partial charge on any atom is -0.315 e. The highest BCUT2D eigenvalue weighted by molar-refractivity contribution is 7.89. The monoisotopic (exact) mass is 274 g/mol. The first kappa shape index (κ1) is 15.1. The molecule has 2 N–H and O–H groups in total. The summed E-state index contributed by atoms with van der Waals surface area (Å²) in [5, 5.41) is 7.20. The Morgan fingerprint density at radius 1 is 1.33 bits per heavy atom. The van der Waals surface area contributed by atoms with Gasteiger partial charge in [0.05, 0.1) is 12.7 Å². The molecule has 0 saturated heterocycles. The predicted octanol–water partition coefficient (Wildman–Crippen LogP) is 0.571. The molecule has 0 aliphatic heterocycles. The lowest BCUT2D eigenvalue weighted by Gasteiger charge is -2.03. The van der Waals surface area contributed by atoms with Crippen LogP contribution < -0.4 is 10.0 Å². The first-order valence-electron chi connectivity index (χ1n) is 6.33. The number of hydrogen-bond donors (Lipinski definition) is 2. The Morgan fingerprint density at radius 2 is 2.11 bits per heavy atom. The van der Waals surface area contributed by atoms with E-state index in [1.165, 1.54) is 6.20 Å². The average molecular weight is 274 g/mol. The highest BCUT2D eigenvalue weighted by Gasteiger charge is 2.15. The number of nitrogens with one attached hydrogen (secondary N) is 2. The standard InChI is InChI=1S/C11H22N4O2S/c1-3-5-6-14-18(16,17)11-9-13-15(10-11)8-7-12-4-2/h9-10,12,14H,3-8H2,1-2H3. The first-order chi connectivity index (χ1) is 8.60. The van der Waals surface area contributed by atoms with Crippen LogP contribution >= 0.6 is 0 Å². The largest absolute Gasteiger partial charge is 0.315 e. The van der Waals surface area contributed by atoms with E-state index >= 15 is 0 Å². The van der Waals surface area contributed by atoms with Crippen LogP contribution in [-0.4, -0.2) is 37.8 Å². The van der Waals surface area contributed by atoms with E-state index in [4.69, 9.17) is 0 Å². The number of rotatable bonds is 9. The van der Waals surface area contributed by atoms with Crippen molar-refractivity contribution in [3.05, 3.63) is 12.4 Å². The second kappa shape index (κ2) is 7.50. The van der Waals surface area contributed by atoms with Gasteiger partial charge < -0.3 is 5.32 Å². The van der Waals surface area contributed by atoms with Crippen LogP contribution in [0.15, 0.2) is 17.3 Å². The van der Waals surface area contributed by atoms with Gasteiger partial charge in [-0.1, -0.05) is 20.3 Å². The fraction of sp³-hybridized carbons (Fsp3) is 0.727. The van der Waals surface area contributed by atoms with Crippen molar-refractivity contribution in [3.8, 4) is 0 Å². The Morgan fingerprint density at radius 3 is 2.78 bits per heavy atom. The molecule has 0 aliphatic carbocycles. The lowest BCUT2D eigenvalue weighted by atomic mass is 10.3. The Labute approximate surface area is 109 Å². The molecule has 1 aromatic rings. The van der Waals surface area contributed by atoms with Gasteiger partial charge in [0.1, 0.15) is 4.90 Å². The summed E-state index contributed by atoms with van der Waals surface area (Å²) in [6.07, 6.45) is 4.75. The molecule has 0 spiro atoms. The number of nitrogens with zero attached hydrogens (tertiary/aromatic N) is 2. The quantitative estimate of drug-likeness (QED) is 0.646. The van der Waals surface area contributed by atoms with Crippen LogP contribution in [0, 0.1) is 0 Å². The molecule has 0 saturated carbocycles. The number of sulfonamides is 1. The van der Waals surface area contributed by atoms with Crippen molar-refractivity contribution in [2.24, 2.45) is 0 Å². The minimum absolute atomic E-state index is 0.232. The summed E-state index contributed by atoms with van der Waals surface area (Å²) in [4.78, 5) is 0.232. The molecular formula is C11H22N4O2S. The van der Waals surface area contributed by atoms with E-state index in [0.29, 0.717) is 13.1 Å². The van der Waals surface area contributed by atoms with Gasteiger partial charge in [-0.05, 0) is 13.0 Å². The summed E-state index contributed by atoms with van der Waals surface area (Å²) >= 11 is 0. The molecule has 0 bridgehead atoms. The number of likely N-dealkylation sites (N-methyl/N-ethyl adjacent to an activating group) is 1. The normalized spacial score (nSPS) is 11.9. The molecule has 1 rings (SSSR count). The van der Waals surface area contributed by atoms with Gasteiger partial charge in [-0.25, -0.2) is 13.1 Å². The van der Waals surface area contributed by atoms with E-state index in [1.807, 2.05) is 13.8 Å². The molecule has 0 unspecified atom stereocenters. The molecule has 0 fully saturated rings. The minimum atomic E-state index is -3.40. The topological polar surface area (TPSA) is 76.0 Å². The molecule has 6 nitrogen and oxygen atoms in total. The fourth-order valence-corrected chi connectivity index (χ4v) is 2.47. The SMILES string of the molecule is CCCCNS(=O)(=O)c1cnn(CCNCC)c1. The maximum Gasteiger partial charge on any atom is 0.243 e. The number of aromatic nitrogens is 2. The third kappa shape index (κ3) is 4.75. The molecule has 1 aromatic heterocycles.